The van der Waals surface area contributed by atoms with E-state index in [9.17, 15) is 5.11 Å². The molecule has 6 aromatic carbocycles. The number of halogens is 2. The summed E-state index contributed by atoms with van der Waals surface area (Å²) < 4.78 is 2.81. The second-order valence-electron chi connectivity index (χ2n) is 14.4. The molecule has 0 saturated heterocycles. The van der Waals surface area contributed by atoms with Crippen LogP contribution in [0, 0.1) is 0 Å². The fourth-order valence-corrected chi connectivity index (χ4v) is 9.13. The Morgan fingerprint density at radius 2 is 1.26 bits per heavy atom. The van der Waals surface area contributed by atoms with Gasteiger partial charge in [-0.2, -0.15) is 0 Å². The van der Waals surface area contributed by atoms with E-state index in [1.54, 1.807) is 0 Å². The Morgan fingerprint density at radius 3 is 2.06 bits per heavy atom. The summed E-state index contributed by atoms with van der Waals surface area (Å²) in [5, 5.41) is 13.4. The highest BCUT2D eigenvalue weighted by atomic mass is 35.5. The van der Waals surface area contributed by atoms with Crippen molar-refractivity contribution in [3.05, 3.63) is 177 Å². The van der Waals surface area contributed by atoms with E-state index in [2.05, 4.69) is 123 Å². The van der Waals surface area contributed by atoms with Gasteiger partial charge in [-0.3, -0.25) is 0 Å². The van der Waals surface area contributed by atoms with E-state index < -0.39 is 5.60 Å². The predicted octanol–water partition coefficient (Wildman–Crippen LogP) is 12.8. The number of thiophene rings is 1. The van der Waals surface area contributed by atoms with E-state index >= 15 is 0 Å². The van der Waals surface area contributed by atoms with Gasteiger partial charge in [0.1, 0.15) is 0 Å². The first kappa shape index (κ1) is 34.5. The molecule has 0 amide bonds. The minimum Gasteiger partial charge on any atom is -0.386 e. The summed E-state index contributed by atoms with van der Waals surface area (Å²) in [4.78, 5) is 0. The van der Waals surface area contributed by atoms with Gasteiger partial charge in [0.15, 0.2) is 0 Å². The topological polar surface area (TPSA) is 20.2 Å². The van der Waals surface area contributed by atoms with Crippen molar-refractivity contribution in [2.75, 3.05) is 5.34 Å². The van der Waals surface area contributed by atoms with Crippen LogP contribution in [0.25, 0.3) is 31.3 Å². The maximum atomic E-state index is 10.4. The SMILES string of the molecule is CC(C)(O)c1ccccc1Cc1ccc2c(c1)Cc1ccccc1-2.CC1(C)c2ccccc2Cc2cc3sc4ccccc4c3cc21.ClCCl. The summed E-state index contributed by atoms with van der Waals surface area (Å²) in [6.45, 7) is 8.44. The van der Waals surface area contributed by atoms with E-state index in [4.69, 9.17) is 23.2 Å². The molecule has 0 bridgehead atoms. The number of aliphatic hydroxyl groups is 1. The van der Waals surface area contributed by atoms with Crippen LogP contribution in [-0.2, 0) is 30.3 Å². The maximum absolute atomic E-state index is 10.4. The molecule has 1 N–H and O–H groups in total. The van der Waals surface area contributed by atoms with E-state index in [1.807, 2.05) is 43.4 Å². The third kappa shape index (κ3) is 6.63. The summed E-state index contributed by atoms with van der Waals surface area (Å²) in [5.74, 6) is 0. The maximum Gasteiger partial charge on any atom is 0.0967 e. The number of hydrogen-bond donors (Lipinski definition) is 1. The molecule has 0 unspecified atom stereocenters. The number of benzene rings is 6. The number of fused-ring (bicyclic) bond motifs is 8. The molecule has 0 fully saturated rings. The first-order valence-electron chi connectivity index (χ1n) is 17.2. The predicted molar refractivity (Wildman–Crippen MR) is 216 cm³/mol. The van der Waals surface area contributed by atoms with Crippen molar-refractivity contribution in [2.45, 2.75) is 58.0 Å². The van der Waals surface area contributed by atoms with Crippen LogP contribution < -0.4 is 0 Å². The second kappa shape index (κ2) is 14.0. The molecular weight excluding hydrogens is 671 g/mol. The van der Waals surface area contributed by atoms with Crippen molar-refractivity contribution in [1.29, 1.82) is 0 Å². The lowest BCUT2D eigenvalue weighted by atomic mass is 9.69. The lowest BCUT2D eigenvalue weighted by molar-refractivity contribution is 0.0777. The molecular formula is C46H42Cl2OS. The molecule has 0 atom stereocenters. The molecule has 1 nitrogen and oxygen atoms in total. The summed E-state index contributed by atoms with van der Waals surface area (Å²) in [7, 11) is 0. The van der Waals surface area contributed by atoms with Gasteiger partial charge in [0, 0.05) is 25.6 Å². The summed E-state index contributed by atoms with van der Waals surface area (Å²) >= 11 is 11.4. The van der Waals surface area contributed by atoms with Gasteiger partial charge in [-0.1, -0.05) is 123 Å². The average Bonchev–Trinajstić information content (AvgIpc) is 3.65. The van der Waals surface area contributed by atoms with Crippen molar-refractivity contribution in [1.82, 2.24) is 0 Å². The Labute approximate surface area is 310 Å². The van der Waals surface area contributed by atoms with Crippen LogP contribution in [0.4, 0.5) is 0 Å². The molecule has 9 rings (SSSR count). The molecule has 1 aromatic heterocycles. The molecule has 4 heteroatoms. The van der Waals surface area contributed by atoms with Crippen LogP contribution in [0.5, 0.6) is 0 Å². The van der Waals surface area contributed by atoms with E-state index in [0.29, 0.717) is 0 Å². The van der Waals surface area contributed by atoms with Crippen molar-refractivity contribution >= 4 is 54.7 Å². The Kier molecular flexibility index (Phi) is 9.67. The zero-order chi connectivity index (χ0) is 35.0. The van der Waals surface area contributed by atoms with E-state index in [-0.39, 0.29) is 10.8 Å². The monoisotopic (exact) mass is 712 g/mol. The van der Waals surface area contributed by atoms with Gasteiger partial charge in [-0.15, -0.1) is 34.5 Å². The molecule has 252 valence electrons. The van der Waals surface area contributed by atoms with E-state index in [0.717, 1.165) is 24.8 Å². The fraction of sp³-hybridized carbons (Fsp3) is 0.217. The van der Waals surface area contributed by atoms with Gasteiger partial charge >= 0.3 is 0 Å². The standard InChI is InChI=1S/C23H22O.C22H18S.CH2Cl2/c1-23(2,24)22-10-6-4-8-18(22)13-16-11-12-21-19(14-16)15-17-7-3-5-9-20(17)21;1-22(2)18-9-5-3-7-14(18)11-15-12-21-17(13-19(15)22)16-8-4-6-10-20(16)23-21;2-1-3/h3-12,14,24H,13,15H2,1-2H3;3-10,12-13H,11H2,1-2H3;1H2. The third-order valence-corrected chi connectivity index (χ3v) is 11.4. The minimum atomic E-state index is -0.816. The molecule has 7 aromatic rings. The van der Waals surface area contributed by atoms with Gasteiger partial charge in [0.05, 0.1) is 10.9 Å². The Bertz CT molecular complexity index is 2320. The molecule has 0 saturated carbocycles. The van der Waals surface area contributed by atoms with E-state index in [1.165, 1.54) is 75.8 Å². The zero-order valence-electron chi connectivity index (χ0n) is 29.1. The molecule has 50 heavy (non-hydrogen) atoms. The van der Waals surface area contributed by atoms with Crippen LogP contribution in [0.15, 0.2) is 127 Å². The van der Waals surface area contributed by atoms with Gasteiger partial charge in [-0.05, 0) is 113 Å². The highest BCUT2D eigenvalue weighted by Crippen LogP contribution is 2.45. The Hall–Kier alpha value is -3.92. The minimum absolute atomic E-state index is 0.0708. The van der Waals surface area contributed by atoms with Gasteiger partial charge in [0.25, 0.3) is 0 Å². The van der Waals surface area contributed by atoms with Crippen molar-refractivity contribution in [3.63, 3.8) is 0 Å². The first-order valence-corrected chi connectivity index (χ1v) is 19.1. The van der Waals surface area contributed by atoms with Crippen LogP contribution in [-0.4, -0.2) is 10.4 Å². The van der Waals surface area contributed by atoms with Gasteiger partial charge < -0.3 is 5.11 Å². The molecule has 1 heterocycles. The number of hydrogen-bond acceptors (Lipinski definition) is 2. The zero-order valence-corrected chi connectivity index (χ0v) is 31.4. The second-order valence-corrected chi connectivity index (χ2v) is 16.3. The van der Waals surface area contributed by atoms with Crippen LogP contribution in [0.1, 0.15) is 77.8 Å². The first-order chi connectivity index (χ1) is 24.1. The lowest BCUT2D eigenvalue weighted by Crippen LogP contribution is -2.26. The highest BCUT2D eigenvalue weighted by molar-refractivity contribution is 7.25. The fourth-order valence-electron chi connectivity index (χ4n) is 7.98. The number of rotatable bonds is 3. The summed E-state index contributed by atoms with van der Waals surface area (Å²) in [6.07, 6.45) is 2.93. The molecule has 0 spiro atoms. The third-order valence-electron chi connectivity index (χ3n) is 10.3. The highest BCUT2D eigenvalue weighted by Gasteiger charge is 2.32. The molecule has 0 radical (unpaired) electrons. The van der Waals surface area contributed by atoms with Crippen molar-refractivity contribution in [3.8, 4) is 11.1 Å². The Morgan fingerprint density at radius 1 is 0.620 bits per heavy atom. The quantitative estimate of drug-likeness (QED) is 0.181. The lowest BCUT2D eigenvalue weighted by Gasteiger charge is -2.35. The van der Waals surface area contributed by atoms with Crippen molar-refractivity contribution < 1.29 is 5.11 Å². The van der Waals surface area contributed by atoms with Crippen molar-refractivity contribution in [2.24, 2.45) is 0 Å². The van der Waals surface area contributed by atoms with Gasteiger partial charge in [0.2, 0.25) is 0 Å². The number of alkyl halides is 2. The van der Waals surface area contributed by atoms with Crippen LogP contribution in [0.3, 0.4) is 0 Å². The summed E-state index contributed by atoms with van der Waals surface area (Å²) in [6, 6.07) is 46.3. The van der Waals surface area contributed by atoms with Gasteiger partial charge in [-0.25, -0.2) is 0 Å². The normalized spacial score (nSPS) is 13.7. The van der Waals surface area contributed by atoms with Crippen LogP contribution >= 0.6 is 34.5 Å². The Balaban J connectivity index is 0.000000146. The largest absolute Gasteiger partial charge is 0.386 e. The smallest absolute Gasteiger partial charge is 0.0967 e. The average molecular weight is 714 g/mol. The summed E-state index contributed by atoms with van der Waals surface area (Å²) in [5.41, 5.74) is 14.3. The molecule has 2 aliphatic carbocycles. The van der Waals surface area contributed by atoms with Crippen LogP contribution in [0.2, 0.25) is 0 Å². The molecule has 2 aliphatic rings. The molecule has 0 aliphatic heterocycles.